The van der Waals surface area contributed by atoms with Crippen LogP contribution in [0.5, 0.6) is 5.75 Å². The Kier molecular flexibility index (Phi) is 3.60. The summed E-state index contributed by atoms with van der Waals surface area (Å²) in [7, 11) is 1.86. The summed E-state index contributed by atoms with van der Waals surface area (Å²) < 4.78 is 5.77. The van der Waals surface area contributed by atoms with Gasteiger partial charge in [0, 0.05) is 13.2 Å². The fraction of sp³-hybridized carbons (Fsp3) is 0.214. The predicted molar refractivity (Wildman–Crippen MR) is 69.3 cm³/mol. The van der Waals surface area contributed by atoms with Gasteiger partial charge in [-0.05, 0) is 36.2 Å². The lowest BCUT2D eigenvalue weighted by atomic mass is 10.2. The minimum atomic E-state index is 0.558. The summed E-state index contributed by atoms with van der Waals surface area (Å²) in [5.74, 6) is 1.78. The first kappa shape index (κ1) is 11.5. The van der Waals surface area contributed by atoms with Crippen LogP contribution in [0.3, 0.4) is 0 Å². The van der Waals surface area contributed by atoms with Gasteiger partial charge in [-0.1, -0.05) is 18.2 Å². The minimum absolute atomic E-state index is 0.558. The maximum Gasteiger partial charge on any atom is 0.126 e. The van der Waals surface area contributed by atoms with Gasteiger partial charge in [0.15, 0.2) is 0 Å². The summed E-state index contributed by atoms with van der Waals surface area (Å²) in [6, 6.07) is 12.0. The van der Waals surface area contributed by atoms with Crippen molar-refractivity contribution in [2.75, 3.05) is 12.4 Å². The molecule has 17 heavy (non-hydrogen) atoms. The number of nitrogens with one attached hydrogen (secondary N) is 1. The second-order valence-corrected chi connectivity index (χ2v) is 3.85. The van der Waals surface area contributed by atoms with Crippen LogP contribution in [-0.2, 0) is 6.61 Å². The van der Waals surface area contributed by atoms with E-state index in [1.165, 1.54) is 0 Å². The van der Waals surface area contributed by atoms with Gasteiger partial charge < -0.3 is 10.1 Å². The lowest BCUT2D eigenvalue weighted by Crippen LogP contribution is -1.99. The summed E-state index contributed by atoms with van der Waals surface area (Å²) in [6.45, 7) is 2.60. The average Bonchev–Trinajstić information content (AvgIpc) is 2.38. The van der Waals surface area contributed by atoms with Crippen molar-refractivity contribution in [2.45, 2.75) is 13.5 Å². The van der Waals surface area contributed by atoms with Gasteiger partial charge in [-0.3, -0.25) is 0 Å². The number of rotatable bonds is 4. The third kappa shape index (κ3) is 2.97. The Morgan fingerprint density at radius 1 is 1.24 bits per heavy atom. The zero-order valence-corrected chi connectivity index (χ0v) is 10.1. The predicted octanol–water partition coefficient (Wildman–Crippen LogP) is 3.01. The van der Waals surface area contributed by atoms with Crippen molar-refractivity contribution in [3.05, 3.63) is 53.7 Å². The quantitative estimate of drug-likeness (QED) is 0.873. The van der Waals surface area contributed by atoms with E-state index in [4.69, 9.17) is 4.74 Å². The molecule has 0 bridgehead atoms. The van der Waals surface area contributed by atoms with Crippen molar-refractivity contribution < 1.29 is 4.74 Å². The normalized spacial score (nSPS) is 10.0. The highest BCUT2D eigenvalue weighted by Crippen LogP contribution is 2.18. The Hall–Kier alpha value is -2.03. The third-order valence-electron chi connectivity index (χ3n) is 2.57. The Morgan fingerprint density at radius 2 is 2.06 bits per heavy atom. The maximum absolute atomic E-state index is 5.77. The summed E-state index contributed by atoms with van der Waals surface area (Å²) in [5, 5.41) is 3.01. The van der Waals surface area contributed by atoms with Crippen LogP contribution in [0.25, 0.3) is 0 Å². The second kappa shape index (κ2) is 5.34. The molecule has 0 saturated carbocycles. The molecule has 3 heteroatoms. The molecule has 1 aromatic heterocycles. The van der Waals surface area contributed by atoms with E-state index in [2.05, 4.69) is 10.3 Å². The first-order chi connectivity index (χ1) is 8.29. The van der Waals surface area contributed by atoms with E-state index in [1.807, 2.05) is 50.4 Å². The van der Waals surface area contributed by atoms with E-state index in [-0.39, 0.29) is 0 Å². The highest BCUT2D eigenvalue weighted by atomic mass is 16.5. The summed E-state index contributed by atoms with van der Waals surface area (Å²) in [6.07, 6.45) is 1.78. The van der Waals surface area contributed by atoms with Crippen molar-refractivity contribution in [3.8, 4) is 5.75 Å². The van der Waals surface area contributed by atoms with E-state index < -0.39 is 0 Å². The van der Waals surface area contributed by atoms with Crippen molar-refractivity contribution in [1.82, 2.24) is 4.98 Å². The van der Waals surface area contributed by atoms with Crippen LogP contribution in [0, 0.1) is 6.92 Å². The average molecular weight is 228 g/mol. The molecule has 88 valence electrons. The van der Waals surface area contributed by atoms with Gasteiger partial charge >= 0.3 is 0 Å². The molecule has 0 unspecified atom stereocenters. The molecule has 3 nitrogen and oxygen atoms in total. The molecule has 0 radical (unpaired) electrons. The fourth-order valence-electron chi connectivity index (χ4n) is 1.58. The highest BCUT2D eigenvalue weighted by Gasteiger charge is 2.00. The molecule has 0 spiro atoms. The van der Waals surface area contributed by atoms with E-state index in [9.17, 15) is 0 Å². The van der Waals surface area contributed by atoms with Crippen LogP contribution in [-0.4, -0.2) is 12.0 Å². The van der Waals surface area contributed by atoms with Crippen molar-refractivity contribution >= 4 is 5.82 Å². The van der Waals surface area contributed by atoms with Gasteiger partial charge in [0.25, 0.3) is 0 Å². The number of hydrogen-bond donors (Lipinski definition) is 1. The van der Waals surface area contributed by atoms with Crippen molar-refractivity contribution in [2.24, 2.45) is 0 Å². The van der Waals surface area contributed by atoms with Crippen molar-refractivity contribution in [3.63, 3.8) is 0 Å². The van der Waals surface area contributed by atoms with E-state index >= 15 is 0 Å². The van der Waals surface area contributed by atoms with Crippen LogP contribution >= 0.6 is 0 Å². The number of aromatic nitrogens is 1. The molecule has 0 saturated heterocycles. The largest absolute Gasteiger partial charge is 0.489 e. The Morgan fingerprint density at radius 3 is 2.82 bits per heavy atom. The van der Waals surface area contributed by atoms with Crippen LogP contribution in [0.4, 0.5) is 5.82 Å². The molecule has 0 atom stereocenters. The number of nitrogens with zero attached hydrogens (tertiary/aromatic N) is 1. The third-order valence-corrected chi connectivity index (χ3v) is 2.57. The summed E-state index contributed by atoms with van der Waals surface area (Å²) >= 11 is 0. The molecule has 0 aliphatic heterocycles. The van der Waals surface area contributed by atoms with Gasteiger partial charge in [-0.2, -0.15) is 0 Å². The number of ether oxygens (including phenoxy) is 1. The number of hydrogen-bond acceptors (Lipinski definition) is 3. The number of anilines is 1. The van der Waals surface area contributed by atoms with Gasteiger partial charge in [-0.15, -0.1) is 0 Å². The van der Waals surface area contributed by atoms with Crippen molar-refractivity contribution in [1.29, 1.82) is 0 Å². The molecule has 1 aromatic carbocycles. The number of benzene rings is 1. The molecule has 2 rings (SSSR count). The Labute approximate surface area is 101 Å². The van der Waals surface area contributed by atoms with Gasteiger partial charge in [-0.25, -0.2) is 4.98 Å². The molecular weight excluding hydrogens is 212 g/mol. The van der Waals surface area contributed by atoms with Crippen LogP contribution in [0.2, 0.25) is 0 Å². The Balaban J connectivity index is 2.05. The minimum Gasteiger partial charge on any atom is -0.489 e. The zero-order chi connectivity index (χ0) is 12.1. The summed E-state index contributed by atoms with van der Waals surface area (Å²) in [4.78, 5) is 4.16. The molecule has 1 N–H and O–H groups in total. The molecule has 0 aliphatic rings. The molecule has 2 aromatic rings. The van der Waals surface area contributed by atoms with Crippen LogP contribution in [0.15, 0.2) is 42.6 Å². The monoisotopic (exact) mass is 228 g/mol. The Bertz CT molecular complexity index is 497. The second-order valence-electron chi connectivity index (χ2n) is 3.85. The topological polar surface area (TPSA) is 34.1 Å². The standard InChI is InChI=1S/C14H16N2O/c1-11-5-3-4-6-13(11)17-10-12-7-8-16-14(9-12)15-2/h3-9H,10H2,1-2H3,(H,15,16). The number of aryl methyl sites for hydroxylation is 1. The van der Waals surface area contributed by atoms with E-state index in [1.54, 1.807) is 6.20 Å². The van der Waals surface area contributed by atoms with E-state index in [0.29, 0.717) is 6.61 Å². The number of para-hydroxylation sites is 1. The lowest BCUT2D eigenvalue weighted by Gasteiger charge is -2.09. The molecule has 0 amide bonds. The van der Waals surface area contributed by atoms with Gasteiger partial charge in [0.2, 0.25) is 0 Å². The summed E-state index contributed by atoms with van der Waals surface area (Å²) in [5.41, 5.74) is 2.25. The van der Waals surface area contributed by atoms with Crippen LogP contribution < -0.4 is 10.1 Å². The SMILES string of the molecule is CNc1cc(COc2ccccc2C)ccn1. The molecule has 0 aliphatic carbocycles. The highest BCUT2D eigenvalue weighted by molar-refractivity contribution is 5.37. The smallest absolute Gasteiger partial charge is 0.126 e. The van der Waals surface area contributed by atoms with Gasteiger partial charge in [0.05, 0.1) is 0 Å². The molecular formula is C14H16N2O. The maximum atomic E-state index is 5.77. The first-order valence-electron chi connectivity index (χ1n) is 5.60. The van der Waals surface area contributed by atoms with Crippen LogP contribution in [0.1, 0.15) is 11.1 Å². The van der Waals surface area contributed by atoms with Gasteiger partial charge in [0.1, 0.15) is 18.2 Å². The van der Waals surface area contributed by atoms with E-state index in [0.717, 1.165) is 22.7 Å². The lowest BCUT2D eigenvalue weighted by molar-refractivity contribution is 0.304. The number of pyridine rings is 1. The zero-order valence-electron chi connectivity index (χ0n) is 10.1. The first-order valence-corrected chi connectivity index (χ1v) is 5.60. The molecule has 1 heterocycles. The molecule has 0 fully saturated rings. The fourth-order valence-corrected chi connectivity index (χ4v) is 1.58.